The van der Waals surface area contributed by atoms with Gasteiger partial charge < -0.3 is 4.42 Å². The average Bonchev–Trinajstić information content (AvgIpc) is 2.32. The first-order chi connectivity index (χ1) is 5.13. The molecule has 6 heteroatoms. The van der Waals surface area contributed by atoms with Gasteiger partial charge in [0.15, 0.2) is 0 Å². The molecule has 1 aromatic heterocycles. The van der Waals surface area contributed by atoms with Crippen molar-refractivity contribution in [2.45, 2.75) is 4.84 Å². The van der Waals surface area contributed by atoms with Crippen molar-refractivity contribution in [3.63, 3.8) is 0 Å². The van der Waals surface area contributed by atoms with Crippen LogP contribution >= 0.6 is 23.2 Å². The van der Waals surface area contributed by atoms with Crippen molar-refractivity contribution in [2.24, 2.45) is 0 Å². The highest BCUT2D eigenvalue weighted by molar-refractivity contribution is 6.44. The summed E-state index contributed by atoms with van der Waals surface area (Å²) >= 11 is 10.8. The molecule has 0 saturated carbocycles. The lowest BCUT2D eigenvalue weighted by Gasteiger charge is -1.92. The van der Waals surface area contributed by atoms with Crippen LogP contribution in [0, 0.1) is 10.1 Å². The van der Waals surface area contributed by atoms with Gasteiger partial charge in [0, 0.05) is 0 Å². The molecule has 0 aliphatic heterocycles. The molecule has 60 valence electrons. The molecule has 0 radical (unpaired) electrons. The van der Waals surface area contributed by atoms with Gasteiger partial charge in [0.2, 0.25) is 0 Å². The van der Waals surface area contributed by atoms with Crippen LogP contribution in [0.5, 0.6) is 0 Å². The summed E-state index contributed by atoms with van der Waals surface area (Å²) in [7, 11) is 0. The van der Waals surface area contributed by atoms with Crippen LogP contribution in [0.25, 0.3) is 0 Å². The van der Waals surface area contributed by atoms with Crippen LogP contribution in [-0.2, 0) is 0 Å². The summed E-state index contributed by atoms with van der Waals surface area (Å²) in [4.78, 5) is 8.59. The molecule has 0 saturated heterocycles. The highest BCUT2D eigenvalue weighted by Gasteiger charge is 2.22. The van der Waals surface area contributed by atoms with Crippen molar-refractivity contribution < 1.29 is 9.34 Å². The second-order valence-corrected chi connectivity index (χ2v) is 2.84. The zero-order valence-corrected chi connectivity index (χ0v) is 6.67. The number of nitro groups is 1. The van der Waals surface area contributed by atoms with E-state index in [1.165, 1.54) is 12.3 Å². The van der Waals surface area contributed by atoms with Crippen LogP contribution in [0.2, 0.25) is 0 Å². The molecule has 1 aromatic rings. The van der Waals surface area contributed by atoms with E-state index in [1.54, 1.807) is 0 Å². The van der Waals surface area contributed by atoms with Crippen molar-refractivity contribution in [3.8, 4) is 0 Å². The number of furan rings is 1. The van der Waals surface area contributed by atoms with E-state index in [-0.39, 0.29) is 5.56 Å². The minimum Gasteiger partial charge on any atom is -0.409 e. The minimum atomic E-state index is -0.922. The van der Waals surface area contributed by atoms with E-state index < -0.39 is 15.6 Å². The molecular formula is C5H3Cl2NO3. The topological polar surface area (TPSA) is 56.3 Å². The van der Waals surface area contributed by atoms with Crippen molar-refractivity contribution in [1.82, 2.24) is 0 Å². The fourth-order valence-corrected chi connectivity index (χ4v) is 0.958. The monoisotopic (exact) mass is 195 g/mol. The summed E-state index contributed by atoms with van der Waals surface area (Å²) < 4.78 is 4.52. The Kier molecular flexibility index (Phi) is 2.36. The third-order valence-electron chi connectivity index (χ3n) is 1.08. The summed E-state index contributed by atoms with van der Waals surface area (Å²) in [5, 5.41) is 10.2. The van der Waals surface area contributed by atoms with Crippen molar-refractivity contribution in [1.29, 1.82) is 0 Å². The zero-order chi connectivity index (χ0) is 8.43. The van der Waals surface area contributed by atoms with Crippen LogP contribution in [-0.4, -0.2) is 4.92 Å². The zero-order valence-electron chi connectivity index (χ0n) is 5.16. The number of hydrogen-bond donors (Lipinski definition) is 0. The van der Waals surface area contributed by atoms with Gasteiger partial charge >= 0.3 is 5.88 Å². The maximum absolute atomic E-state index is 10.2. The number of alkyl halides is 2. The first-order valence-corrected chi connectivity index (χ1v) is 3.50. The van der Waals surface area contributed by atoms with Gasteiger partial charge in [-0.2, -0.15) is 0 Å². The van der Waals surface area contributed by atoms with E-state index in [2.05, 4.69) is 4.42 Å². The second-order valence-electron chi connectivity index (χ2n) is 1.74. The van der Waals surface area contributed by atoms with Gasteiger partial charge in [-0.25, -0.2) is 0 Å². The summed E-state index contributed by atoms with van der Waals surface area (Å²) in [6, 6.07) is 1.36. The number of rotatable bonds is 2. The molecule has 1 rings (SSSR count). The largest absolute Gasteiger partial charge is 0.438 e. The number of halogens is 2. The van der Waals surface area contributed by atoms with Crippen LogP contribution in [0.3, 0.4) is 0 Å². The van der Waals surface area contributed by atoms with Gasteiger partial charge in [-0.05, 0) is 6.07 Å². The Morgan fingerprint density at radius 1 is 1.64 bits per heavy atom. The van der Waals surface area contributed by atoms with E-state index in [0.717, 1.165) is 0 Å². The highest BCUT2D eigenvalue weighted by atomic mass is 35.5. The molecule has 0 aliphatic rings. The smallest absolute Gasteiger partial charge is 0.409 e. The molecule has 11 heavy (non-hydrogen) atoms. The van der Waals surface area contributed by atoms with Crippen LogP contribution in [0.1, 0.15) is 10.4 Å². The molecule has 0 fully saturated rings. The Labute approximate surface area is 71.9 Å². The standard InChI is InChI=1S/C5H3Cl2NO3/c6-4(7)3-1-2-11-5(3)8(9)10/h1-2,4H. The van der Waals surface area contributed by atoms with Gasteiger partial charge in [-0.1, -0.05) is 23.2 Å². The molecule has 0 aliphatic carbocycles. The summed E-state index contributed by atoms with van der Waals surface area (Å²) in [5.74, 6) is -0.403. The lowest BCUT2D eigenvalue weighted by Crippen LogP contribution is -1.89. The van der Waals surface area contributed by atoms with Crippen molar-refractivity contribution in [3.05, 3.63) is 28.0 Å². The van der Waals surface area contributed by atoms with Crippen molar-refractivity contribution >= 4 is 29.1 Å². The molecule has 0 amide bonds. The predicted molar refractivity (Wildman–Crippen MR) is 39.8 cm³/mol. The predicted octanol–water partition coefficient (Wildman–Crippen LogP) is 2.66. The van der Waals surface area contributed by atoms with Crippen LogP contribution in [0.4, 0.5) is 5.88 Å². The van der Waals surface area contributed by atoms with Gasteiger partial charge in [-0.15, -0.1) is 0 Å². The Bertz CT molecular complexity index is 270. The maximum atomic E-state index is 10.2. The molecule has 4 nitrogen and oxygen atoms in total. The molecular weight excluding hydrogens is 193 g/mol. The number of hydrogen-bond acceptors (Lipinski definition) is 3. The van der Waals surface area contributed by atoms with E-state index >= 15 is 0 Å². The van der Waals surface area contributed by atoms with Gasteiger partial charge in [0.25, 0.3) is 0 Å². The molecule has 0 bridgehead atoms. The van der Waals surface area contributed by atoms with Crippen LogP contribution < -0.4 is 0 Å². The molecule has 0 aromatic carbocycles. The Hall–Kier alpha value is -0.740. The molecule has 0 N–H and O–H groups in total. The average molecular weight is 196 g/mol. The lowest BCUT2D eigenvalue weighted by atomic mass is 10.4. The SMILES string of the molecule is O=[N+]([O-])c1occc1C(Cl)Cl. The third-order valence-corrected chi connectivity index (χ3v) is 1.55. The van der Waals surface area contributed by atoms with Gasteiger partial charge in [0.05, 0.1) is 6.26 Å². The molecule has 0 atom stereocenters. The Morgan fingerprint density at radius 2 is 2.27 bits per heavy atom. The Morgan fingerprint density at radius 3 is 2.64 bits per heavy atom. The first kappa shape index (κ1) is 8.36. The second kappa shape index (κ2) is 3.11. The highest BCUT2D eigenvalue weighted by Crippen LogP contribution is 2.32. The van der Waals surface area contributed by atoms with E-state index in [9.17, 15) is 10.1 Å². The maximum Gasteiger partial charge on any atom is 0.438 e. The summed E-state index contributed by atoms with van der Waals surface area (Å²) in [6.45, 7) is 0. The Balaban J connectivity index is 3.06. The lowest BCUT2D eigenvalue weighted by molar-refractivity contribution is -0.402. The molecule has 1 heterocycles. The normalized spacial score (nSPS) is 10.5. The van der Waals surface area contributed by atoms with Crippen LogP contribution in [0.15, 0.2) is 16.7 Å². The van der Waals surface area contributed by atoms with Gasteiger partial charge in [0.1, 0.15) is 15.3 Å². The van der Waals surface area contributed by atoms with Gasteiger partial charge in [-0.3, -0.25) is 10.1 Å². The van der Waals surface area contributed by atoms with Crippen molar-refractivity contribution in [2.75, 3.05) is 0 Å². The summed E-state index contributed by atoms with van der Waals surface area (Å²) in [5.41, 5.74) is 0.179. The van der Waals surface area contributed by atoms with E-state index in [1.807, 2.05) is 0 Å². The minimum absolute atomic E-state index is 0.179. The fraction of sp³-hybridized carbons (Fsp3) is 0.200. The quantitative estimate of drug-likeness (QED) is 0.415. The molecule has 0 unspecified atom stereocenters. The van der Waals surface area contributed by atoms with E-state index in [4.69, 9.17) is 23.2 Å². The first-order valence-electron chi connectivity index (χ1n) is 2.63. The number of nitrogens with zero attached hydrogens (tertiary/aromatic N) is 1. The molecule has 0 spiro atoms. The summed E-state index contributed by atoms with van der Waals surface area (Å²) in [6.07, 6.45) is 1.17. The third kappa shape index (κ3) is 1.64. The van der Waals surface area contributed by atoms with E-state index in [0.29, 0.717) is 0 Å². The fourth-order valence-electron chi connectivity index (χ4n) is 0.626.